The Morgan fingerprint density at radius 1 is 1.35 bits per heavy atom. The smallest absolute Gasteiger partial charge is 0.237 e. The zero-order chi connectivity index (χ0) is 15.1. The maximum atomic E-state index is 11.8. The van der Waals surface area contributed by atoms with Gasteiger partial charge in [0.1, 0.15) is 12.4 Å². The van der Waals surface area contributed by atoms with Gasteiger partial charge in [-0.15, -0.1) is 0 Å². The first kappa shape index (κ1) is 16.0. The van der Waals surface area contributed by atoms with E-state index < -0.39 is 6.04 Å². The van der Waals surface area contributed by atoms with Crippen LogP contribution in [0.1, 0.15) is 26.3 Å². The average Bonchev–Trinajstić information content (AvgIpc) is 2.44. The lowest BCUT2D eigenvalue weighted by Crippen LogP contribution is -2.48. The van der Waals surface area contributed by atoms with Gasteiger partial charge in [0.15, 0.2) is 0 Å². The second-order valence-electron chi connectivity index (χ2n) is 5.13. The molecule has 0 bridgehead atoms. The van der Waals surface area contributed by atoms with E-state index in [0.29, 0.717) is 17.9 Å². The number of benzene rings is 1. The molecule has 2 atom stereocenters. The molecular formula is C15H21N3O2. The molecular weight excluding hydrogens is 254 g/mol. The molecule has 0 saturated carbocycles. The van der Waals surface area contributed by atoms with Crippen LogP contribution in [0.3, 0.4) is 0 Å². The Bertz CT molecular complexity index is 477. The molecule has 0 aromatic heterocycles. The molecule has 1 rings (SSSR count). The van der Waals surface area contributed by atoms with E-state index in [0.717, 1.165) is 0 Å². The third-order valence-corrected chi connectivity index (χ3v) is 2.89. The SMILES string of the molecule is CC(COc1ccc(C#N)cc1)NC(=O)[C@@H](N)C(C)C. The summed E-state index contributed by atoms with van der Waals surface area (Å²) < 4.78 is 5.54. The van der Waals surface area contributed by atoms with Crippen LogP contribution in [0.2, 0.25) is 0 Å². The van der Waals surface area contributed by atoms with Crippen LogP contribution in [-0.2, 0) is 4.79 Å². The van der Waals surface area contributed by atoms with Crippen molar-refractivity contribution in [3.63, 3.8) is 0 Å². The summed E-state index contributed by atoms with van der Waals surface area (Å²) in [7, 11) is 0. The lowest BCUT2D eigenvalue weighted by atomic mass is 10.0. The lowest BCUT2D eigenvalue weighted by molar-refractivity contribution is -0.124. The van der Waals surface area contributed by atoms with Crippen molar-refractivity contribution in [1.82, 2.24) is 5.32 Å². The van der Waals surface area contributed by atoms with Crippen molar-refractivity contribution in [3.8, 4) is 11.8 Å². The van der Waals surface area contributed by atoms with Gasteiger partial charge in [0.2, 0.25) is 5.91 Å². The highest BCUT2D eigenvalue weighted by Gasteiger charge is 2.18. The fraction of sp³-hybridized carbons (Fsp3) is 0.467. The van der Waals surface area contributed by atoms with Crippen molar-refractivity contribution in [2.24, 2.45) is 11.7 Å². The van der Waals surface area contributed by atoms with E-state index >= 15 is 0 Å². The minimum absolute atomic E-state index is 0.0987. The van der Waals surface area contributed by atoms with Gasteiger partial charge in [-0.05, 0) is 37.1 Å². The van der Waals surface area contributed by atoms with Crippen molar-refractivity contribution in [2.45, 2.75) is 32.9 Å². The molecule has 1 aromatic rings. The third-order valence-electron chi connectivity index (χ3n) is 2.89. The predicted octanol–water partition coefficient (Wildman–Crippen LogP) is 1.43. The Morgan fingerprint density at radius 2 is 1.95 bits per heavy atom. The Kier molecular flexibility index (Phi) is 6.01. The quantitative estimate of drug-likeness (QED) is 0.822. The summed E-state index contributed by atoms with van der Waals surface area (Å²) in [6.07, 6.45) is 0. The van der Waals surface area contributed by atoms with E-state index in [1.807, 2.05) is 26.8 Å². The molecule has 1 aromatic carbocycles. The summed E-state index contributed by atoms with van der Waals surface area (Å²) in [5, 5.41) is 11.5. The van der Waals surface area contributed by atoms with Gasteiger partial charge in [-0.1, -0.05) is 13.8 Å². The molecule has 0 aliphatic carbocycles. The summed E-state index contributed by atoms with van der Waals surface area (Å²) >= 11 is 0. The molecule has 20 heavy (non-hydrogen) atoms. The standard InChI is InChI=1S/C15H21N3O2/c1-10(2)14(17)15(19)18-11(3)9-20-13-6-4-12(8-16)5-7-13/h4-7,10-11,14H,9,17H2,1-3H3,(H,18,19)/t11?,14-/m0/s1. The van der Waals surface area contributed by atoms with Crippen LogP contribution in [0.5, 0.6) is 5.75 Å². The van der Waals surface area contributed by atoms with Gasteiger partial charge in [0.25, 0.3) is 0 Å². The van der Waals surface area contributed by atoms with Crippen molar-refractivity contribution >= 4 is 5.91 Å². The normalized spacial score (nSPS) is 13.4. The molecule has 0 radical (unpaired) electrons. The van der Waals surface area contributed by atoms with Crippen molar-refractivity contribution < 1.29 is 9.53 Å². The number of carbonyl (C=O) groups is 1. The summed E-state index contributed by atoms with van der Waals surface area (Å²) in [5.41, 5.74) is 6.35. The van der Waals surface area contributed by atoms with Crippen LogP contribution in [0.25, 0.3) is 0 Å². The molecule has 1 amide bonds. The highest BCUT2D eigenvalue weighted by Crippen LogP contribution is 2.11. The van der Waals surface area contributed by atoms with Gasteiger partial charge in [-0.3, -0.25) is 4.79 Å². The molecule has 0 aliphatic heterocycles. The number of hydrogen-bond donors (Lipinski definition) is 2. The maximum Gasteiger partial charge on any atom is 0.237 e. The summed E-state index contributed by atoms with van der Waals surface area (Å²) in [6, 6.07) is 8.23. The van der Waals surface area contributed by atoms with Crippen LogP contribution < -0.4 is 15.8 Å². The van der Waals surface area contributed by atoms with E-state index in [1.165, 1.54) is 0 Å². The molecule has 5 nitrogen and oxygen atoms in total. The van der Waals surface area contributed by atoms with E-state index in [2.05, 4.69) is 5.32 Å². The molecule has 1 unspecified atom stereocenters. The van der Waals surface area contributed by atoms with Gasteiger partial charge in [-0.25, -0.2) is 0 Å². The molecule has 0 heterocycles. The van der Waals surface area contributed by atoms with Gasteiger partial charge < -0.3 is 15.8 Å². The summed E-state index contributed by atoms with van der Waals surface area (Å²) in [6.45, 7) is 6.02. The zero-order valence-electron chi connectivity index (χ0n) is 12.1. The molecule has 108 valence electrons. The number of hydrogen-bond acceptors (Lipinski definition) is 4. The average molecular weight is 275 g/mol. The fourth-order valence-corrected chi connectivity index (χ4v) is 1.53. The monoisotopic (exact) mass is 275 g/mol. The number of nitrogens with one attached hydrogen (secondary N) is 1. The van der Waals surface area contributed by atoms with E-state index in [1.54, 1.807) is 24.3 Å². The van der Waals surface area contributed by atoms with Gasteiger partial charge in [0, 0.05) is 0 Å². The van der Waals surface area contributed by atoms with Gasteiger partial charge in [0.05, 0.1) is 23.7 Å². The molecule has 0 fully saturated rings. The number of nitrogens with two attached hydrogens (primary N) is 1. The first-order valence-electron chi connectivity index (χ1n) is 6.63. The molecule has 0 saturated heterocycles. The van der Waals surface area contributed by atoms with E-state index in [-0.39, 0.29) is 17.9 Å². The first-order chi connectivity index (χ1) is 9.43. The van der Waals surface area contributed by atoms with E-state index in [4.69, 9.17) is 15.7 Å². The van der Waals surface area contributed by atoms with Gasteiger partial charge in [-0.2, -0.15) is 5.26 Å². The minimum Gasteiger partial charge on any atom is -0.491 e. The highest BCUT2D eigenvalue weighted by atomic mass is 16.5. The third kappa shape index (κ3) is 4.90. The Morgan fingerprint density at radius 3 is 2.45 bits per heavy atom. The van der Waals surface area contributed by atoms with Crippen molar-refractivity contribution in [1.29, 1.82) is 5.26 Å². The van der Waals surface area contributed by atoms with Crippen LogP contribution in [-0.4, -0.2) is 24.6 Å². The second kappa shape index (κ2) is 7.51. The van der Waals surface area contributed by atoms with Crippen LogP contribution in [0.15, 0.2) is 24.3 Å². The molecule has 0 aliphatic rings. The first-order valence-corrected chi connectivity index (χ1v) is 6.63. The Hall–Kier alpha value is -2.06. The van der Waals surface area contributed by atoms with Crippen molar-refractivity contribution in [3.05, 3.63) is 29.8 Å². The second-order valence-corrected chi connectivity index (χ2v) is 5.13. The summed E-state index contributed by atoms with van der Waals surface area (Å²) in [5.74, 6) is 0.593. The molecule has 3 N–H and O–H groups in total. The van der Waals surface area contributed by atoms with Crippen molar-refractivity contribution in [2.75, 3.05) is 6.61 Å². The zero-order valence-corrected chi connectivity index (χ0v) is 12.1. The number of ether oxygens (including phenoxy) is 1. The maximum absolute atomic E-state index is 11.8. The Balaban J connectivity index is 2.41. The minimum atomic E-state index is -0.507. The van der Waals surface area contributed by atoms with Crippen LogP contribution >= 0.6 is 0 Å². The predicted molar refractivity (Wildman–Crippen MR) is 77.1 cm³/mol. The van der Waals surface area contributed by atoms with Gasteiger partial charge >= 0.3 is 0 Å². The Labute approximate surface area is 119 Å². The van der Waals surface area contributed by atoms with E-state index in [9.17, 15) is 4.79 Å². The number of nitriles is 1. The number of amides is 1. The highest BCUT2D eigenvalue weighted by molar-refractivity contribution is 5.81. The summed E-state index contributed by atoms with van der Waals surface area (Å²) in [4.78, 5) is 11.8. The number of nitrogens with zero attached hydrogens (tertiary/aromatic N) is 1. The molecule has 5 heteroatoms. The van der Waals surface area contributed by atoms with Crippen LogP contribution in [0, 0.1) is 17.2 Å². The largest absolute Gasteiger partial charge is 0.491 e. The van der Waals surface area contributed by atoms with Crippen LogP contribution in [0.4, 0.5) is 0 Å². The molecule has 0 spiro atoms. The number of carbonyl (C=O) groups excluding carboxylic acids is 1. The number of rotatable bonds is 6. The lowest BCUT2D eigenvalue weighted by Gasteiger charge is -2.20. The fourth-order valence-electron chi connectivity index (χ4n) is 1.53. The topological polar surface area (TPSA) is 88.1 Å².